The SMILES string of the molecule is Cc1cnc2c(c1)nc(-c1ccccc1S(=O)(=O)C(C)C)n2C. The van der Waals surface area contributed by atoms with Crippen LogP contribution in [0.4, 0.5) is 0 Å². The Balaban J connectivity index is 2.31. The van der Waals surface area contributed by atoms with Crippen molar-refractivity contribution in [1.29, 1.82) is 0 Å². The summed E-state index contributed by atoms with van der Waals surface area (Å²) in [7, 11) is -1.54. The number of imidazole rings is 1. The van der Waals surface area contributed by atoms with Crippen LogP contribution in [-0.4, -0.2) is 28.2 Å². The summed E-state index contributed by atoms with van der Waals surface area (Å²) < 4.78 is 27.1. The highest BCUT2D eigenvalue weighted by Crippen LogP contribution is 2.30. The van der Waals surface area contributed by atoms with Crippen LogP contribution in [0.15, 0.2) is 41.4 Å². The maximum atomic E-state index is 12.7. The van der Waals surface area contributed by atoms with Crippen molar-refractivity contribution in [3.8, 4) is 11.4 Å². The lowest BCUT2D eigenvalue weighted by atomic mass is 10.2. The second kappa shape index (κ2) is 5.45. The van der Waals surface area contributed by atoms with Gasteiger partial charge in [0.1, 0.15) is 11.3 Å². The number of aryl methyl sites for hydroxylation is 2. The normalized spacial score (nSPS) is 12.2. The fraction of sp³-hybridized carbons (Fsp3) is 0.294. The molecule has 0 aliphatic carbocycles. The highest BCUT2D eigenvalue weighted by Gasteiger charge is 2.25. The highest BCUT2D eigenvalue weighted by molar-refractivity contribution is 7.92. The predicted molar refractivity (Wildman–Crippen MR) is 91.0 cm³/mol. The molecule has 0 fully saturated rings. The van der Waals surface area contributed by atoms with E-state index in [1.807, 2.05) is 30.7 Å². The number of hydrogen-bond acceptors (Lipinski definition) is 4. The Morgan fingerprint density at radius 2 is 1.87 bits per heavy atom. The monoisotopic (exact) mass is 329 g/mol. The van der Waals surface area contributed by atoms with Crippen LogP contribution in [0.2, 0.25) is 0 Å². The molecule has 0 radical (unpaired) electrons. The third kappa shape index (κ3) is 2.53. The van der Waals surface area contributed by atoms with E-state index in [0.29, 0.717) is 16.3 Å². The van der Waals surface area contributed by atoms with Gasteiger partial charge in [-0.05, 0) is 44.5 Å². The van der Waals surface area contributed by atoms with Gasteiger partial charge in [0.25, 0.3) is 0 Å². The van der Waals surface area contributed by atoms with E-state index in [4.69, 9.17) is 0 Å². The van der Waals surface area contributed by atoms with Crippen molar-refractivity contribution in [2.75, 3.05) is 0 Å². The van der Waals surface area contributed by atoms with Crippen LogP contribution in [0.1, 0.15) is 19.4 Å². The summed E-state index contributed by atoms with van der Waals surface area (Å²) in [6.07, 6.45) is 1.78. The second-order valence-corrected chi connectivity index (χ2v) is 8.41. The zero-order valence-corrected chi connectivity index (χ0v) is 14.4. The summed E-state index contributed by atoms with van der Waals surface area (Å²) in [4.78, 5) is 9.33. The molecule has 2 heterocycles. The number of aromatic nitrogens is 3. The lowest BCUT2D eigenvalue weighted by Gasteiger charge is -2.12. The molecule has 0 N–H and O–H groups in total. The minimum Gasteiger partial charge on any atom is -0.312 e. The Kier molecular flexibility index (Phi) is 3.72. The van der Waals surface area contributed by atoms with Crippen LogP contribution >= 0.6 is 0 Å². The molecule has 6 heteroatoms. The van der Waals surface area contributed by atoms with Crippen LogP contribution in [0.25, 0.3) is 22.6 Å². The van der Waals surface area contributed by atoms with Crippen molar-refractivity contribution < 1.29 is 8.42 Å². The summed E-state index contributed by atoms with van der Waals surface area (Å²) in [5, 5.41) is -0.487. The molecule has 0 amide bonds. The molecule has 0 saturated carbocycles. The number of nitrogens with zero attached hydrogens (tertiary/aromatic N) is 3. The summed E-state index contributed by atoms with van der Waals surface area (Å²) >= 11 is 0. The topological polar surface area (TPSA) is 64.8 Å². The van der Waals surface area contributed by atoms with Gasteiger partial charge in [-0.2, -0.15) is 0 Å². The average Bonchev–Trinajstić information content (AvgIpc) is 2.83. The Hall–Kier alpha value is -2.21. The maximum Gasteiger partial charge on any atom is 0.181 e. The number of pyridine rings is 1. The number of fused-ring (bicyclic) bond motifs is 1. The van der Waals surface area contributed by atoms with Gasteiger partial charge in [0.15, 0.2) is 15.5 Å². The van der Waals surface area contributed by atoms with E-state index in [9.17, 15) is 8.42 Å². The van der Waals surface area contributed by atoms with Gasteiger partial charge >= 0.3 is 0 Å². The van der Waals surface area contributed by atoms with Crippen LogP contribution in [-0.2, 0) is 16.9 Å². The molecule has 0 aliphatic heterocycles. The van der Waals surface area contributed by atoms with Crippen molar-refractivity contribution >= 4 is 21.0 Å². The first-order valence-electron chi connectivity index (χ1n) is 7.44. The van der Waals surface area contributed by atoms with Gasteiger partial charge < -0.3 is 4.57 Å². The van der Waals surface area contributed by atoms with Crippen molar-refractivity contribution in [2.24, 2.45) is 7.05 Å². The summed E-state index contributed by atoms with van der Waals surface area (Å²) in [6, 6.07) is 8.95. The minimum atomic E-state index is -3.39. The van der Waals surface area contributed by atoms with E-state index >= 15 is 0 Å². The highest BCUT2D eigenvalue weighted by atomic mass is 32.2. The summed E-state index contributed by atoms with van der Waals surface area (Å²) in [6.45, 7) is 5.33. The van der Waals surface area contributed by atoms with Crippen molar-refractivity contribution in [1.82, 2.24) is 14.5 Å². The van der Waals surface area contributed by atoms with Gasteiger partial charge in [0.05, 0.1) is 10.1 Å². The summed E-state index contributed by atoms with van der Waals surface area (Å²) in [5.74, 6) is 0.609. The van der Waals surface area contributed by atoms with E-state index in [1.54, 1.807) is 38.2 Å². The third-order valence-electron chi connectivity index (χ3n) is 3.90. The molecule has 3 rings (SSSR count). The molecule has 5 nitrogen and oxygen atoms in total. The zero-order valence-electron chi connectivity index (χ0n) is 13.6. The van der Waals surface area contributed by atoms with Crippen molar-refractivity contribution in [2.45, 2.75) is 30.9 Å². The lowest BCUT2D eigenvalue weighted by molar-refractivity contribution is 0.587. The molecule has 3 aromatic rings. The summed E-state index contributed by atoms with van der Waals surface area (Å²) in [5.41, 5.74) is 3.13. The maximum absolute atomic E-state index is 12.7. The molecule has 0 saturated heterocycles. The zero-order chi connectivity index (χ0) is 16.8. The predicted octanol–water partition coefficient (Wildman–Crippen LogP) is 3.13. The molecule has 120 valence electrons. The number of sulfone groups is 1. The second-order valence-electron chi connectivity index (χ2n) is 5.94. The van der Waals surface area contributed by atoms with Crippen LogP contribution in [0.5, 0.6) is 0 Å². The molecule has 23 heavy (non-hydrogen) atoms. The lowest BCUT2D eigenvalue weighted by Crippen LogP contribution is -2.15. The Morgan fingerprint density at radius 1 is 1.17 bits per heavy atom. The molecule has 0 spiro atoms. The largest absolute Gasteiger partial charge is 0.312 e. The van der Waals surface area contributed by atoms with Gasteiger partial charge in [-0.15, -0.1) is 0 Å². The van der Waals surface area contributed by atoms with Crippen LogP contribution in [0, 0.1) is 6.92 Å². The molecule has 0 bridgehead atoms. The molecular formula is C17H19N3O2S. The molecule has 0 unspecified atom stereocenters. The van der Waals surface area contributed by atoms with Gasteiger partial charge in [0, 0.05) is 18.8 Å². The van der Waals surface area contributed by atoms with E-state index in [0.717, 1.165) is 16.7 Å². The van der Waals surface area contributed by atoms with Crippen molar-refractivity contribution in [3.05, 3.63) is 42.1 Å². The first-order valence-corrected chi connectivity index (χ1v) is 8.99. The first kappa shape index (κ1) is 15.7. The number of benzene rings is 1. The third-order valence-corrected chi connectivity index (χ3v) is 6.11. The Bertz CT molecular complexity index is 988. The Labute approximate surface area is 135 Å². The molecule has 0 atom stereocenters. The van der Waals surface area contributed by atoms with E-state index in [1.165, 1.54) is 0 Å². The quantitative estimate of drug-likeness (QED) is 0.740. The molecule has 1 aromatic carbocycles. The molecule has 2 aromatic heterocycles. The van der Waals surface area contributed by atoms with Crippen molar-refractivity contribution in [3.63, 3.8) is 0 Å². The van der Waals surface area contributed by atoms with Gasteiger partial charge in [-0.3, -0.25) is 0 Å². The first-order chi connectivity index (χ1) is 10.8. The number of rotatable bonds is 3. The smallest absolute Gasteiger partial charge is 0.181 e. The molecule has 0 aliphatic rings. The van der Waals surface area contributed by atoms with Crippen LogP contribution in [0.3, 0.4) is 0 Å². The fourth-order valence-electron chi connectivity index (χ4n) is 2.57. The fourth-order valence-corrected chi connectivity index (χ4v) is 3.81. The number of hydrogen-bond donors (Lipinski definition) is 0. The standard InChI is InChI=1S/C17H19N3O2S/c1-11(2)23(21,22)15-8-6-5-7-13(15)16-19-14-9-12(3)10-18-17(14)20(16)4/h5-11H,1-4H3. The van der Waals surface area contributed by atoms with Gasteiger partial charge in [-0.25, -0.2) is 18.4 Å². The van der Waals surface area contributed by atoms with Gasteiger partial charge in [-0.1, -0.05) is 12.1 Å². The van der Waals surface area contributed by atoms with E-state index < -0.39 is 15.1 Å². The van der Waals surface area contributed by atoms with E-state index in [-0.39, 0.29) is 0 Å². The minimum absolute atomic E-state index is 0.310. The van der Waals surface area contributed by atoms with Gasteiger partial charge in [0.2, 0.25) is 0 Å². The Morgan fingerprint density at radius 3 is 2.57 bits per heavy atom. The molecular weight excluding hydrogens is 310 g/mol. The van der Waals surface area contributed by atoms with Crippen LogP contribution < -0.4 is 0 Å². The average molecular weight is 329 g/mol. The van der Waals surface area contributed by atoms with E-state index in [2.05, 4.69) is 9.97 Å².